The molecule has 0 spiro atoms. The van der Waals surface area contributed by atoms with Crippen LogP contribution in [0.5, 0.6) is 0 Å². The van der Waals surface area contributed by atoms with Crippen LogP contribution in [-0.2, 0) is 24.2 Å². The minimum atomic E-state index is -0.720. The number of aromatic nitrogens is 1. The van der Waals surface area contributed by atoms with E-state index in [0.717, 1.165) is 12.8 Å². The van der Waals surface area contributed by atoms with E-state index in [1.54, 1.807) is 0 Å². The molecule has 0 atom stereocenters. The lowest BCUT2D eigenvalue weighted by atomic mass is 9.97. The van der Waals surface area contributed by atoms with Crippen LogP contribution in [0.4, 0.5) is 0 Å². The van der Waals surface area contributed by atoms with Crippen molar-refractivity contribution in [2.75, 3.05) is 0 Å². The molecule has 0 saturated heterocycles. The Kier molecular flexibility index (Phi) is 3.77. The number of hydrogen-bond acceptors (Lipinski definition) is 1. The van der Waals surface area contributed by atoms with E-state index in [1.807, 2.05) is 6.07 Å². The Morgan fingerprint density at radius 3 is 2.65 bits per heavy atom. The first-order chi connectivity index (χ1) is 9.77. The number of fused-ring (bicyclic) bond motifs is 3. The largest absolute Gasteiger partial charge is 0.481 e. The van der Waals surface area contributed by atoms with Gasteiger partial charge in [-0.25, -0.2) is 0 Å². The van der Waals surface area contributed by atoms with Crippen LogP contribution in [0.2, 0.25) is 0 Å². The SMILES string of the molecule is O=C(O)CCn1c2c(c3ccccc31)CCCCCC2. The molecular weight excluding hydrogens is 250 g/mol. The molecule has 0 radical (unpaired) electrons. The zero-order valence-electron chi connectivity index (χ0n) is 11.8. The molecule has 0 amide bonds. The molecule has 0 aliphatic heterocycles. The van der Waals surface area contributed by atoms with Crippen LogP contribution in [0.25, 0.3) is 10.9 Å². The smallest absolute Gasteiger partial charge is 0.305 e. The predicted octanol–water partition coefficient (Wildman–Crippen LogP) is 3.78. The van der Waals surface area contributed by atoms with Gasteiger partial charge in [0.05, 0.1) is 6.42 Å². The Hall–Kier alpha value is -1.77. The highest BCUT2D eigenvalue weighted by molar-refractivity contribution is 5.85. The molecule has 106 valence electrons. The van der Waals surface area contributed by atoms with Crippen molar-refractivity contribution in [3.8, 4) is 0 Å². The van der Waals surface area contributed by atoms with Crippen molar-refractivity contribution in [3.05, 3.63) is 35.5 Å². The molecule has 3 rings (SSSR count). The monoisotopic (exact) mass is 271 g/mol. The lowest BCUT2D eigenvalue weighted by molar-refractivity contribution is -0.137. The third-order valence-electron chi connectivity index (χ3n) is 4.33. The minimum Gasteiger partial charge on any atom is -0.481 e. The van der Waals surface area contributed by atoms with Gasteiger partial charge < -0.3 is 9.67 Å². The summed E-state index contributed by atoms with van der Waals surface area (Å²) in [5, 5.41) is 10.3. The van der Waals surface area contributed by atoms with Gasteiger partial charge in [-0.3, -0.25) is 4.79 Å². The van der Waals surface area contributed by atoms with Crippen molar-refractivity contribution in [2.45, 2.75) is 51.5 Å². The number of benzene rings is 1. The molecular formula is C17H21NO2. The summed E-state index contributed by atoms with van der Waals surface area (Å²) in [6.45, 7) is 0.588. The molecule has 3 heteroatoms. The second-order valence-electron chi connectivity index (χ2n) is 5.65. The van der Waals surface area contributed by atoms with Crippen LogP contribution in [0.15, 0.2) is 24.3 Å². The summed E-state index contributed by atoms with van der Waals surface area (Å²) in [6, 6.07) is 8.45. The normalized spacial score (nSPS) is 15.6. The molecule has 0 saturated carbocycles. The molecule has 0 unspecified atom stereocenters. The number of carboxylic acid groups (broad SMARTS) is 1. The van der Waals surface area contributed by atoms with Gasteiger partial charge in [0.25, 0.3) is 0 Å². The Labute approximate surface area is 119 Å². The van der Waals surface area contributed by atoms with Crippen molar-refractivity contribution in [1.29, 1.82) is 0 Å². The number of carbonyl (C=O) groups is 1. The number of nitrogens with zero attached hydrogens (tertiary/aromatic N) is 1. The molecule has 1 aliphatic rings. The van der Waals surface area contributed by atoms with Crippen LogP contribution >= 0.6 is 0 Å². The maximum absolute atomic E-state index is 10.9. The van der Waals surface area contributed by atoms with Gasteiger partial charge in [-0.1, -0.05) is 31.0 Å². The molecule has 1 heterocycles. The molecule has 2 aromatic rings. The molecule has 1 aromatic carbocycles. The van der Waals surface area contributed by atoms with Gasteiger partial charge in [-0.15, -0.1) is 0 Å². The number of para-hydroxylation sites is 1. The first-order valence-corrected chi connectivity index (χ1v) is 7.58. The molecule has 1 N–H and O–H groups in total. The number of carboxylic acids is 1. The molecule has 0 fully saturated rings. The van der Waals surface area contributed by atoms with Crippen molar-refractivity contribution in [3.63, 3.8) is 0 Å². The summed E-state index contributed by atoms with van der Waals surface area (Å²) in [4.78, 5) is 10.9. The lowest BCUT2D eigenvalue weighted by Crippen LogP contribution is -2.09. The molecule has 20 heavy (non-hydrogen) atoms. The van der Waals surface area contributed by atoms with Crippen LogP contribution in [-0.4, -0.2) is 15.6 Å². The predicted molar refractivity (Wildman–Crippen MR) is 80.1 cm³/mol. The fourth-order valence-electron chi connectivity index (χ4n) is 3.40. The van der Waals surface area contributed by atoms with Gasteiger partial charge in [-0.05, 0) is 37.3 Å². The quantitative estimate of drug-likeness (QED) is 0.923. The van der Waals surface area contributed by atoms with Gasteiger partial charge in [0.1, 0.15) is 0 Å². The van der Waals surface area contributed by atoms with E-state index >= 15 is 0 Å². The van der Waals surface area contributed by atoms with Crippen LogP contribution in [0.1, 0.15) is 43.4 Å². The number of hydrogen-bond donors (Lipinski definition) is 1. The van der Waals surface area contributed by atoms with Crippen molar-refractivity contribution >= 4 is 16.9 Å². The number of aryl methyl sites for hydroxylation is 2. The van der Waals surface area contributed by atoms with Crippen molar-refractivity contribution < 1.29 is 9.90 Å². The summed E-state index contributed by atoms with van der Waals surface area (Å²) < 4.78 is 2.25. The summed E-state index contributed by atoms with van der Waals surface area (Å²) in [7, 11) is 0. The first kappa shape index (κ1) is 13.2. The van der Waals surface area contributed by atoms with Crippen LogP contribution in [0.3, 0.4) is 0 Å². The van der Waals surface area contributed by atoms with Gasteiger partial charge >= 0.3 is 5.97 Å². The zero-order chi connectivity index (χ0) is 13.9. The first-order valence-electron chi connectivity index (χ1n) is 7.58. The summed E-state index contributed by atoms with van der Waals surface area (Å²) in [5.74, 6) is -0.720. The van der Waals surface area contributed by atoms with E-state index in [-0.39, 0.29) is 6.42 Å². The Balaban J connectivity index is 2.10. The van der Waals surface area contributed by atoms with E-state index < -0.39 is 5.97 Å². The van der Waals surface area contributed by atoms with Gasteiger partial charge in [0.15, 0.2) is 0 Å². The standard InChI is InChI=1S/C17H21NO2/c19-17(20)11-12-18-15-9-4-2-1-3-7-13(15)14-8-5-6-10-16(14)18/h5-6,8,10H,1-4,7,9,11-12H2,(H,19,20). The molecule has 1 aromatic heterocycles. The van der Waals surface area contributed by atoms with E-state index in [0.29, 0.717) is 6.54 Å². The molecule has 3 nitrogen and oxygen atoms in total. The zero-order valence-corrected chi connectivity index (χ0v) is 11.8. The van der Waals surface area contributed by atoms with Gasteiger partial charge in [0, 0.05) is 23.1 Å². The molecule has 1 aliphatic carbocycles. The van der Waals surface area contributed by atoms with Crippen molar-refractivity contribution in [1.82, 2.24) is 4.57 Å². The highest BCUT2D eigenvalue weighted by Crippen LogP contribution is 2.31. The van der Waals surface area contributed by atoms with Crippen LogP contribution in [0, 0.1) is 0 Å². The van der Waals surface area contributed by atoms with E-state index in [1.165, 1.54) is 47.8 Å². The van der Waals surface area contributed by atoms with E-state index in [4.69, 9.17) is 5.11 Å². The van der Waals surface area contributed by atoms with E-state index in [9.17, 15) is 4.79 Å². The third-order valence-corrected chi connectivity index (χ3v) is 4.33. The Morgan fingerprint density at radius 1 is 1.10 bits per heavy atom. The lowest BCUT2D eigenvalue weighted by Gasteiger charge is -2.14. The Bertz CT molecular complexity index is 627. The maximum atomic E-state index is 10.9. The summed E-state index contributed by atoms with van der Waals surface area (Å²) >= 11 is 0. The fraction of sp³-hybridized carbons (Fsp3) is 0.471. The topological polar surface area (TPSA) is 42.2 Å². The van der Waals surface area contributed by atoms with E-state index in [2.05, 4.69) is 22.8 Å². The number of aliphatic carboxylic acids is 1. The minimum absolute atomic E-state index is 0.200. The summed E-state index contributed by atoms with van der Waals surface area (Å²) in [5.41, 5.74) is 4.05. The second-order valence-corrected chi connectivity index (χ2v) is 5.65. The Morgan fingerprint density at radius 2 is 1.85 bits per heavy atom. The second kappa shape index (κ2) is 5.70. The maximum Gasteiger partial charge on any atom is 0.305 e. The third kappa shape index (κ3) is 2.45. The summed E-state index contributed by atoms with van der Waals surface area (Å²) in [6.07, 6.45) is 7.50. The average Bonchev–Trinajstić information content (AvgIpc) is 2.69. The number of rotatable bonds is 3. The molecule has 0 bridgehead atoms. The highest BCUT2D eigenvalue weighted by atomic mass is 16.4. The van der Waals surface area contributed by atoms with Gasteiger partial charge in [-0.2, -0.15) is 0 Å². The average molecular weight is 271 g/mol. The van der Waals surface area contributed by atoms with Crippen molar-refractivity contribution in [2.24, 2.45) is 0 Å². The fourth-order valence-corrected chi connectivity index (χ4v) is 3.40. The van der Waals surface area contributed by atoms with Gasteiger partial charge in [0.2, 0.25) is 0 Å². The van der Waals surface area contributed by atoms with Crippen LogP contribution < -0.4 is 0 Å². The highest BCUT2D eigenvalue weighted by Gasteiger charge is 2.18.